The number of allylic oxidation sites excluding steroid dienone is 5. The predicted molar refractivity (Wildman–Crippen MR) is 99.2 cm³/mol. The Bertz CT molecular complexity index is 773. The van der Waals surface area contributed by atoms with Gasteiger partial charge in [-0.1, -0.05) is 85.0 Å². The molecule has 24 heavy (non-hydrogen) atoms. The fourth-order valence-electron chi connectivity index (χ4n) is 3.73. The number of hydrogen-bond donors (Lipinski definition) is 0. The van der Waals surface area contributed by atoms with Crippen molar-refractivity contribution < 1.29 is 4.74 Å². The average molecular weight is 314 g/mol. The summed E-state index contributed by atoms with van der Waals surface area (Å²) in [5.41, 5.74) is 2.08. The molecule has 2 aromatic rings. The molecule has 0 amide bonds. The molecule has 0 aromatic heterocycles. The third-order valence-corrected chi connectivity index (χ3v) is 5.04. The van der Waals surface area contributed by atoms with E-state index >= 15 is 0 Å². The van der Waals surface area contributed by atoms with E-state index in [-0.39, 0.29) is 5.60 Å². The third kappa shape index (κ3) is 2.82. The molecule has 0 N–H and O–H groups in total. The Morgan fingerprint density at radius 1 is 0.875 bits per heavy atom. The Morgan fingerprint density at radius 3 is 2.17 bits per heavy atom. The number of rotatable bonds is 3. The molecule has 2 unspecified atom stereocenters. The van der Waals surface area contributed by atoms with Gasteiger partial charge in [0.2, 0.25) is 0 Å². The fourth-order valence-corrected chi connectivity index (χ4v) is 3.73. The molecule has 120 valence electrons. The van der Waals surface area contributed by atoms with Crippen LogP contribution in [0, 0.1) is 11.8 Å². The summed E-state index contributed by atoms with van der Waals surface area (Å²) in [4.78, 5) is 0. The van der Waals surface area contributed by atoms with Crippen molar-refractivity contribution in [2.45, 2.75) is 18.9 Å². The Kier molecular flexibility index (Phi) is 3.86. The van der Waals surface area contributed by atoms with Crippen LogP contribution in [0.25, 0.3) is 5.76 Å². The van der Waals surface area contributed by atoms with Crippen LogP contribution in [0.15, 0.2) is 91.0 Å². The molecule has 0 spiro atoms. The second kappa shape index (κ2) is 6.16. The van der Waals surface area contributed by atoms with Crippen molar-refractivity contribution in [3.05, 3.63) is 102 Å². The molecule has 0 radical (unpaired) electrons. The summed E-state index contributed by atoms with van der Waals surface area (Å²) in [6.07, 6.45) is 12.2. The maximum Gasteiger partial charge on any atom is 0.132 e. The largest absolute Gasteiger partial charge is 0.483 e. The highest BCUT2D eigenvalue weighted by molar-refractivity contribution is 5.61. The molecule has 0 bridgehead atoms. The SMILES string of the molecule is CC1(c2ccccc2)CC(C2C=CC=C2)C=C(c2ccccc2)O1. The molecule has 2 aliphatic rings. The predicted octanol–water partition coefficient (Wildman–Crippen LogP) is 5.72. The molecule has 0 saturated carbocycles. The lowest BCUT2D eigenvalue weighted by atomic mass is 9.77. The van der Waals surface area contributed by atoms with Gasteiger partial charge in [-0.3, -0.25) is 0 Å². The molecule has 1 heterocycles. The van der Waals surface area contributed by atoms with Crippen LogP contribution in [0.5, 0.6) is 0 Å². The molecule has 1 aliphatic carbocycles. The first kappa shape index (κ1) is 15.0. The third-order valence-electron chi connectivity index (χ3n) is 5.04. The van der Waals surface area contributed by atoms with Crippen LogP contribution in [0.4, 0.5) is 0 Å². The van der Waals surface area contributed by atoms with E-state index in [4.69, 9.17) is 4.74 Å². The van der Waals surface area contributed by atoms with E-state index in [9.17, 15) is 0 Å². The van der Waals surface area contributed by atoms with Crippen LogP contribution in [-0.4, -0.2) is 0 Å². The molecule has 1 aliphatic heterocycles. The van der Waals surface area contributed by atoms with Gasteiger partial charge >= 0.3 is 0 Å². The summed E-state index contributed by atoms with van der Waals surface area (Å²) in [5.74, 6) is 1.89. The summed E-state index contributed by atoms with van der Waals surface area (Å²) >= 11 is 0. The van der Waals surface area contributed by atoms with Crippen molar-refractivity contribution in [2.24, 2.45) is 11.8 Å². The molecule has 0 fully saturated rings. The lowest BCUT2D eigenvalue weighted by Gasteiger charge is -2.40. The molecule has 4 rings (SSSR count). The van der Waals surface area contributed by atoms with E-state index in [1.807, 2.05) is 6.07 Å². The average Bonchev–Trinajstić information content (AvgIpc) is 3.18. The zero-order chi connectivity index (χ0) is 16.4. The first-order valence-corrected chi connectivity index (χ1v) is 8.61. The summed E-state index contributed by atoms with van der Waals surface area (Å²) in [5, 5.41) is 0. The first-order valence-electron chi connectivity index (χ1n) is 8.61. The van der Waals surface area contributed by atoms with Gasteiger partial charge in [-0.25, -0.2) is 0 Å². The van der Waals surface area contributed by atoms with Crippen LogP contribution in [0.2, 0.25) is 0 Å². The lowest BCUT2D eigenvalue weighted by Crippen LogP contribution is -2.33. The standard InChI is InChI=1S/C23H22O/c1-23(21-14-6-3-7-15-21)17-20(18-10-8-9-11-18)16-22(24-23)19-12-4-2-5-13-19/h2-16,18,20H,17H2,1H3. The zero-order valence-electron chi connectivity index (χ0n) is 13.9. The zero-order valence-corrected chi connectivity index (χ0v) is 13.9. The van der Waals surface area contributed by atoms with Crippen molar-refractivity contribution in [3.8, 4) is 0 Å². The Hall–Kier alpha value is -2.54. The van der Waals surface area contributed by atoms with E-state index in [0.717, 1.165) is 17.7 Å². The minimum Gasteiger partial charge on any atom is -0.483 e. The van der Waals surface area contributed by atoms with Crippen molar-refractivity contribution >= 4 is 5.76 Å². The maximum atomic E-state index is 6.55. The summed E-state index contributed by atoms with van der Waals surface area (Å²) in [7, 11) is 0. The van der Waals surface area contributed by atoms with Crippen LogP contribution < -0.4 is 0 Å². The van der Waals surface area contributed by atoms with Crippen molar-refractivity contribution in [2.75, 3.05) is 0 Å². The molecule has 2 aromatic carbocycles. The molecule has 0 saturated heterocycles. The van der Waals surface area contributed by atoms with Crippen LogP contribution in [0.1, 0.15) is 24.5 Å². The van der Waals surface area contributed by atoms with Gasteiger partial charge in [0.25, 0.3) is 0 Å². The lowest BCUT2D eigenvalue weighted by molar-refractivity contribution is 0.0182. The topological polar surface area (TPSA) is 9.23 Å². The first-order chi connectivity index (χ1) is 11.7. The minimum absolute atomic E-state index is 0.309. The van der Waals surface area contributed by atoms with Gasteiger partial charge in [-0.15, -0.1) is 0 Å². The number of ether oxygens (including phenoxy) is 1. The van der Waals surface area contributed by atoms with Gasteiger partial charge in [0.15, 0.2) is 0 Å². The van der Waals surface area contributed by atoms with Crippen molar-refractivity contribution in [3.63, 3.8) is 0 Å². The summed E-state index contributed by atoms with van der Waals surface area (Å²) < 4.78 is 6.55. The van der Waals surface area contributed by atoms with E-state index in [0.29, 0.717) is 11.8 Å². The molecule has 2 atom stereocenters. The van der Waals surface area contributed by atoms with Gasteiger partial charge < -0.3 is 4.74 Å². The highest BCUT2D eigenvalue weighted by Gasteiger charge is 2.38. The van der Waals surface area contributed by atoms with E-state index < -0.39 is 0 Å². The molecule has 1 heteroatoms. The minimum atomic E-state index is -0.309. The summed E-state index contributed by atoms with van der Waals surface area (Å²) in [6.45, 7) is 2.22. The van der Waals surface area contributed by atoms with Crippen molar-refractivity contribution in [1.82, 2.24) is 0 Å². The van der Waals surface area contributed by atoms with Gasteiger partial charge in [0, 0.05) is 11.5 Å². The number of hydrogen-bond acceptors (Lipinski definition) is 1. The molecular formula is C23H22O. The van der Waals surface area contributed by atoms with Crippen LogP contribution in [0.3, 0.4) is 0 Å². The van der Waals surface area contributed by atoms with Crippen LogP contribution in [-0.2, 0) is 10.3 Å². The van der Waals surface area contributed by atoms with E-state index in [1.165, 1.54) is 5.56 Å². The summed E-state index contributed by atoms with van der Waals surface area (Å²) in [6, 6.07) is 21.0. The monoisotopic (exact) mass is 314 g/mol. The van der Waals surface area contributed by atoms with Crippen LogP contribution >= 0.6 is 0 Å². The van der Waals surface area contributed by atoms with Gasteiger partial charge in [0.05, 0.1) is 0 Å². The Labute approximate surface area is 144 Å². The normalized spacial score (nSPS) is 26.2. The van der Waals surface area contributed by atoms with Gasteiger partial charge in [0.1, 0.15) is 11.4 Å². The smallest absolute Gasteiger partial charge is 0.132 e. The second-order valence-corrected chi connectivity index (χ2v) is 6.81. The highest BCUT2D eigenvalue weighted by atomic mass is 16.5. The van der Waals surface area contributed by atoms with Crippen molar-refractivity contribution in [1.29, 1.82) is 0 Å². The van der Waals surface area contributed by atoms with Gasteiger partial charge in [-0.2, -0.15) is 0 Å². The van der Waals surface area contributed by atoms with E-state index in [2.05, 4.69) is 91.9 Å². The quantitative estimate of drug-likeness (QED) is 0.704. The molecular weight excluding hydrogens is 292 g/mol. The fraction of sp³-hybridized carbons (Fsp3) is 0.217. The maximum absolute atomic E-state index is 6.55. The van der Waals surface area contributed by atoms with E-state index in [1.54, 1.807) is 0 Å². The second-order valence-electron chi connectivity index (χ2n) is 6.81. The number of benzene rings is 2. The molecule has 1 nitrogen and oxygen atoms in total. The Balaban J connectivity index is 1.75. The highest BCUT2D eigenvalue weighted by Crippen LogP contribution is 2.45. The Morgan fingerprint density at radius 2 is 1.50 bits per heavy atom. The van der Waals surface area contributed by atoms with Gasteiger partial charge in [-0.05, 0) is 30.9 Å².